The maximum Gasteiger partial charge on any atom is 0.122 e. The number of phenols is 1. The van der Waals surface area contributed by atoms with Crippen molar-refractivity contribution in [3.8, 4) is 5.75 Å². The van der Waals surface area contributed by atoms with Crippen molar-refractivity contribution in [3.05, 3.63) is 28.8 Å². The zero-order valence-electron chi connectivity index (χ0n) is 15.4. The third kappa shape index (κ3) is 4.74. The van der Waals surface area contributed by atoms with E-state index < -0.39 is 0 Å². The van der Waals surface area contributed by atoms with Gasteiger partial charge >= 0.3 is 0 Å². The number of aromatic hydroxyl groups is 1. The average molecular weight is 306 g/mol. The van der Waals surface area contributed by atoms with Gasteiger partial charge in [0.2, 0.25) is 0 Å². The standard InChI is InChI=1S/C20H34O2/c1-13(2)16-11-17(14(3)4)19(22)18(12-16)20(6,7)10-8-9-15(5)21/h11-15,21-22H,8-10H2,1-7H3. The fraction of sp³-hybridized carbons (Fsp3) is 0.700. The number of aliphatic hydroxyl groups excluding tert-OH is 1. The highest BCUT2D eigenvalue weighted by molar-refractivity contribution is 5.49. The van der Waals surface area contributed by atoms with Crippen LogP contribution in [0.2, 0.25) is 0 Å². The molecule has 0 heterocycles. The molecule has 0 radical (unpaired) electrons. The van der Waals surface area contributed by atoms with Gasteiger partial charge in [-0.2, -0.15) is 0 Å². The maximum absolute atomic E-state index is 10.8. The molecular weight excluding hydrogens is 272 g/mol. The quantitative estimate of drug-likeness (QED) is 0.701. The zero-order valence-corrected chi connectivity index (χ0v) is 15.4. The lowest BCUT2D eigenvalue weighted by Gasteiger charge is -2.29. The first-order chi connectivity index (χ1) is 10.1. The molecule has 2 N–H and O–H groups in total. The predicted octanol–water partition coefficient (Wildman–Crippen LogP) is 5.47. The van der Waals surface area contributed by atoms with E-state index in [-0.39, 0.29) is 11.5 Å². The molecule has 0 aromatic heterocycles. The summed E-state index contributed by atoms with van der Waals surface area (Å²) in [5, 5.41) is 20.2. The van der Waals surface area contributed by atoms with Crippen LogP contribution in [0.5, 0.6) is 5.75 Å². The fourth-order valence-corrected chi connectivity index (χ4v) is 2.94. The van der Waals surface area contributed by atoms with Crippen molar-refractivity contribution in [2.45, 2.75) is 91.1 Å². The SMILES string of the molecule is CC(O)CCCC(C)(C)c1cc(C(C)C)cc(C(C)C)c1O. The Morgan fingerprint density at radius 3 is 2.05 bits per heavy atom. The Bertz CT molecular complexity index is 485. The molecule has 0 fully saturated rings. The molecule has 0 saturated heterocycles. The lowest BCUT2D eigenvalue weighted by molar-refractivity contribution is 0.177. The Hall–Kier alpha value is -1.02. The predicted molar refractivity (Wildman–Crippen MR) is 94.8 cm³/mol. The van der Waals surface area contributed by atoms with Gasteiger partial charge in [0.25, 0.3) is 0 Å². The minimum Gasteiger partial charge on any atom is -0.507 e. The molecule has 0 aliphatic rings. The molecule has 22 heavy (non-hydrogen) atoms. The summed E-state index contributed by atoms with van der Waals surface area (Å²) < 4.78 is 0. The van der Waals surface area contributed by atoms with E-state index in [1.54, 1.807) is 0 Å². The lowest BCUT2D eigenvalue weighted by atomic mass is 9.76. The summed E-state index contributed by atoms with van der Waals surface area (Å²) in [6, 6.07) is 4.33. The Labute approximate surface area is 136 Å². The molecule has 1 rings (SSSR count). The van der Waals surface area contributed by atoms with Gasteiger partial charge in [-0.15, -0.1) is 0 Å². The Kier molecular flexibility index (Phi) is 6.49. The van der Waals surface area contributed by atoms with Crippen molar-refractivity contribution in [1.29, 1.82) is 0 Å². The first-order valence-corrected chi connectivity index (χ1v) is 8.61. The van der Waals surface area contributed by atoms with E-state index in [4.69, 9.17) is 0 Å². The van der Waals surface area contributed by atoms with Crippen LogP contribution in [0.1, 0.15) is 96.3 Å². The first kappa shape index (κ1) is 19.0. The number of phenolic OH excluding ortho intramolecular Hbond substituents is 1. The normalized spacial score (nSPS) is 13.9. The Morgan fingerprint density at radius 2 is 1.59 bits per heavy atom. The molecule has 0 amide bonds. The molecule has 1 aromatic carbocycles. The van der Waals surface area contributed by atoms with Crippen molar-refractivity contribution in [2.75, 3.05) is 0 Å². The van der Waals surface area contributed by atoms with E-state index in [1.807, 2.05) is 6.92 Å². The molecule has 126 valence electrons. The molecule has 0 saturated carbocycles. The van der Waals surface area contributed by atoms with Crippen LogP contribution in [-0.2, 0) is 5.41 Å². The molecule has 2 nitrogen and oxygen atoms in total. The lowest BCUT2D eigenvalue weighted by Crippen LogP contribution is -2.19. The van der Waals surface area contributed by atoms with Crippen molar-refractivity contribution in [1.82, 2.24) is 0 Å². The summed E-state index contributed by atoms with van der Waals surface area (Å²) in [5.41, 5.74) is 3.30. The Morgan fingerprint density at radius 1 is 1.00 bits per heavy atom. The number of hydrogen-bond acceptors (Lipinski definition) is 2. The summed E-state index contributed by atoms with van der Waals surface area (Å²) >= 11 is 0. The molecule has 1 atom stereocenters. The van der Waals surface area contributed by atoms with E-state index in [0.29, 0.717) is 17.6 Å². The van der Waals surface area contributed by atoms with Crippen LogP contribution in [0.3, 0.4) is 0 Å². The van der Waals surface area contributed by atoms with Crippen LogP contribution >= 0.6 is 0 Å². The van der Waals surface area contributed by atoms with Crippen LogP contribution < -0.4 is 0 Å². The number of hydrogen-bond donors (Lipinski definition) is 2. The monoisotopic (exact) mass is 306 g/mol. The van der Waals surface area contributed by atoms with Crippen LogP contribution in [0, 0.1) is 0 Å². The summed E-state index contributed by atoms with van der Waals surface area (Å²) in [6.45, 7) is 14.9. The minimum absolute atomic E-state index is 0.0898. The third-order valence-electron chi connectivity index (χ3n) is 4.60. The van der Waals surface area contributed by atoms with Gasteiger partial charge in [-0.25, -0.2) is 0 Å². The largest absolute Gasteiger partial charge is 0.507 e. The second-order valence-electron chi connectivity index (χ2n) is 7.94. The summed E-state index contributed by atoms with van der Waals surface area (Å²) in [6.07, 6.45) is 2.49. The van der Waals surface area contributed by atoms with Crippen LogP contribution in [0.25, 0.3) is 0 Å². The topological polar surface area (TPSA) is 40.5 Å². The van der Waals surface area contributed by atoms with E-state index in [2.05, 4.69) is 53.7 Å². The van der Waals surface area contributed by atoms with Gasteiger partial charge in [-0.05, 0) is 48.1 Å². The van der Waals surface area contributed by atoms with E-state index >= 15 is 0 Å². The van der Waals surface area contributed by atoms with Crippen molar-refractivity contribution >= 4 is 0 Å². The third-order valence-corrected chi connectivity index (χ3v) is 4.60. The van der Waals surface area contributed by atoms with E-state index in [0.717, 1.165) is 30.4 Å². The molecule has 0 spiro atoms. The van der Waals surface area contributed by atoms with Crippen LogP contribution in [0.4, 0.5) is 0 Å². The average Bonchev–Trinajstić information content (AvgIpc) is 2.37. The van der Waals surface area contributed by atoms with E-state index in [1.165, 1.54) is 5.56 Å². The van der Waals surface area contributed by atoms with Gasteiger partial charge in [-0.1, -0.05) is 60.1 Å². The van der Waals surface area contributed by atoms with Gasteiger partial charge in [0, 0.05) is 5.56 Å². The highest BCUT2D eigenvalue weighted by atomic mass is 16.3. The molecule has 2 heteroatoms. The van der Waals surface area contributed by atoms with Crippen molar-refractivity contribution in [2.24, 2.45) is 0 Å². The number of rotatable bonds is 7. The maximum atomic E-state index is 10.8. The second-order valence-corrected chi connectivity index (χ2v) is 7.94. The van der Waals surface area contributed by atoms with Crippen LogP contribution in [0.15, 0.2) is 12.1 Å². The van der Waals surface area contributed by atoms with E-state index in [9.17, 15) is 10.2 Å². The van der Waals surface area contributed by atoms with Gasteiger partial charge in [0.15, 0.2) is 0 Å². The highest BCUT2D eigenvalue weighted by Gasteiger charge is 2.27. The summed E-state index contributed by atoms with van der Waals surface area (Å²) in [5.74, 6) is 1.22. The second kappa shape index (κ2) is 7.50. The zero-order chi connectivity index (χ0) is 17.1. The summed E-state index contributed by atoms with van der Waals surface area (Å²) in [4.78, 5) is 0. The van der Waals surface area contributed by atoms with Crippen molar-refractivity contribution < 1.29 is 10.2 Å². The molecule has 0 aliphatic heterocycles. The molecule has 0 aliphatic carbocycles. The number of benzene rings is 1. The number of aliphatic hydroxyl groups is 1. The first-order valence-electron chi connectivity index (χ1n) is 8.61. The smallest absolute Gasteiger partial charge is 0.122 e. The van der Waals surface area contributed by atoms with Gasteiger partial charge in [-0.3, -0.25) is 0 Å². The molecule has 0 bridgehead atoms. The van der Waals surface area contributed by atoms with Gasteiger partial charge in [0.05, 0.1) is 6.10 Å². The molecule has 1 unspecified atom stereocenters. The van der Waals surface area contributed by atoms with Gasteiger partial charge in [0.1, 0.15) is 5.75 Å². The highest BCUT2D eigenvalue weighted by Crippen LogP contribution is 2.41. The van der Waals surface area contributed by atoms with Gasteiger partial charge < -0.3 is 10.2 Å². The van der Waals surface area contributed by atoms with Crippen molar-refractivity contribution in [3.63, 3.8) is 0 Å². The van der Waals surface area contributed by atoms with Crippen LogP contribution in [-0.4, -0.2) is 16.3 Å². The Balaban J connectivity index is 3.20. The summed E-state index contributed by atoms with van der Waals surface area (Å²) in [7, 11) is 0. The molecular formula is C20H34O2. The fourth-order valence-electron chi connectivity index (χ4n) is 2.94. The minimum atomic E-state index is -0.252. The molecule has 1 aromatic rings.